The molecule has 2 amide bonds. The molecule has 1 aliphatic rings. The molecule has 1 saturated heterocycles. The van der Waals surface area contributed by atoms with Gasteiger partial charge in [0.05, 0.1) is 23.5 Å². The number of anilines is 1. The SMILES string of the molecule is CC(O)C1CCCN(C(=O)Nc2cnn(C(C)(C)C)c2)C1. The van der Waals surface area contributed by atoms with E-state index in [4.69, 9.17) is 0 Å². The largest absolute Gasteiger partial charge is 0.393 e. The second-order valence-corrected chi connectivity index (χ2v) is 6.86. The minimum atomic E-state index is -0.371. The molecule has 0 bridgehead atoms. The number of aliphatic hydroxyl groups excluding tert-OH is 1. The van der Waals surface area contributed by atoms with Crippen molar-refractivity contribution in [3.8, 4) is 0 Å². The van der Waals surface area contributed by atoms with E-state index in [-0.39, 0.29) is 23.6 Å². The van der Waals surface area contributed by atoms with Crippen molar-refractivity contribution in [3.05, 3.63) is 12.4 Å². The van der Waals surface area contributed by atoms with Crippen molar-refractivity contribution in [2.24, 2.45) is 5.92 Å². The number of aromatic nitrogens is 2. The molecule has 1 fully saturated rings. The summed E-state index contributed by atoms with van der Waals surface area (Å²) in [5.41, 5.74) is 0.597. The van der Waals surface area contributed by atoms with Gasteiger partial charge in [-0.05, 0) is 40.5 Å². The molecule has 1 aromatic rings. The zero-order chi connectivity index (χ0) is 15.6. The lowest BCUT2D eigenvalue weighted by Gasteiger charge is -2.34. The molecule has 0 radical (unpaired) electrons. The lowest BCUT2D eigenvalue weighted by atomic mass is 9.94. The highest BCUT2D eigenvalue weighted by molar-refractivity contribution is 5.89. The Bertz CT molecular complexity index is 490. The van der Waals surface area contributed by atoms with Crippen LogP contribution in [0.25, 0.3) is 0 Å². The Morgan fingerprint density at radius 3 is 2.81 bits per heavy atom. The highest BCUT2D eigenvalue weighted by Gasteiger charge is 2.26. The van der Waals surface area contributed by atoms with Gasteiger partial charge in [-0.3, -0.25) is 4.68 Å². The number of rotatable bonds is 2. The zero-order valence-corrected chi connectivity index (χ0v) is 13.3. The van der Waals surface area contributed by atoms with Crippen molar-refractivity contribution >= 4 is 11.7 Å². The smallest absolute Gasteiger partial charge is 0.321 e. The normalized spacial score (nSPS) is 21.2. The zero-order valence-electron chi connectivity index (χ0n) is 13.3. The number of carbonyl (C=O) groups excluding carboxylic acids is 1. The van der Waals surface area contributed by atoms with Crippen molar-refractivity contribution < 1.29 is 9.90 Å². The number of carbonyl (C=O) groups is 1. The number of hydrogen-bond acceptors (Lipinski definition) is 3. The maximum Gasteiger partial charge on any atom is 0.321 e. The summed E-state index contributed by atoms with van der Waals surface area (Å²) >= 11 is 0. The number of urea groups is 1. The van der Waals surface area contributed by atoms with E-state index in [0.29, 0.717) is 12.2 Å². The third-order valence-corrected chi connectivity index (χ3v) is 3.95. The highest BCUT2D eigenvalue weighted by atomic mass is 16.3. The van der Waals surface area contributed by atoms with Gasteiger partial charge in [0.15, 0.2) is 0 Å². The van der Waals surface area contributed by atoms with Gasteiger partial charge in [-0.2, -0.15) is 5.10 Å². The summed E-state index contributed by atoms with van der Waals surface area (Å²) in [5, 5.41) is 16.8. The maximum absolute atomic E-state index is 12.3. The lowest BCUT2D eigenvalue weighted by molar-refractivity contribution is 0.0766. The van der Waals surface area contributed by atoms with Crippen LogP contribution < -0.4 is 5.32 Å². The van der Waals surface area contributed by atoms with Crippen molar-refractivity contribution in [1.29, 1.82) is 0 Å². The Morgan fingerprint density at radius 1 is 1.52 bits per heavy atom. The Morgan fingerprint density at radius 2 is 2.24 bits per heavy atom. The van der Waals surface area contributed by atoms with Crippen LogP contribution in [0, 0.1) is 5.92 Å². The van der Waals surface area contributed by atoms with E-state index in [0.717, 1.165) is 19.4 Å². The fourth-order valence-electron chi connectivity index (χ4n) is 2.54. The van der Waals surface area contributed by atoms with Gasteiger partial charge in [-0.25, -0.2) is 4.79 Å². The maximum atomic E-state index is 12.3. The Labute approximate surface area is 126 Å². The predicted molar refractivity (Wildman–Crippen MR) is 82.2 cm³/mol. The fraction of sp³-hybridized carbons (Fsp3) is 0.733. The van der Waals surface area contributed by atoms with Gasteiger partial charge in [-0.15, -0.1) is 0 Å². The summed E-state index contributed by atoms with van der Waals surface area (Å²) in [7, 11) is 0. The molecule has 0 aliphatic carbocycles. The average molecular weight is 294 g/mol. The summed E-state index contributed by atoms with van der Waals surface area (Å²) in [4.78, 5) is 14.1. The number of piperidine rings is 1. The van der Waals surface area contributed by atoms with Crippen LogP contribution in [0.15, 0.2) is 12.4 Å². The molecule has 0 aromatic carbocycles. The molecule has 1 aliphatic heterocycles. The third kappa shape index (κ3) is 3.97. The first kappa shape index (κ1) is 15.8. The molecule has 2 N–H and O–H groups in total. The second-order valence-electron chi connectivity index (χ2n) is 6.86. The molecule has 21 heavy (non-hydrogen) atoms. The molecular formula is C15H26N4O2. The quantitative estimate of drug-likeness (QED) is 0.879. The first-order valence-electron chi connectivity index (χ1n) is 7.56. The van der Waals surface area contributed by atoms with Crippen LogP contribution in [0.4, 0.5) is 10.5 Å². The highest BCUT2D eigenvalue weighted by Crippen LogP contribution is 2.21. The molecule has 1 aromatic heterocycles. The standard InChI is InChI=1S/C15H26N4O2/c1-11(20)12-6-5-7-18(9-12)14(21)17-13-8-16-19(10-13)15(2,3)4/h8,10-12,20H,5-7,9H2,1-4H3,(H,17,21). The van der Waals surface area contributed by atoms with Crippen LogP contribution in [-0.2, 0) is 5.54 Å². The summed E-state index contributed by atoms with van der Waals surface area (Å²) in [6.07, 6.45) is 5.05. The topological polar surface area (TPSA) is 70.4 Å². The van der Waals surface area contributed by atoms with Crippen LogP contribution in [0.2, 0.25) is 0 Å². The van der Waals surface area contributed by atoms with Gasteiger partial charge >= 0.3 is 6.03 Å². The van der Waals surface area contributed by atoms with Gasteiger partial charge in [-0.1, -0.05) is 0 Å². The van der Waals surface area contributed by atoms with E-state index in [1.165, 1.54) is 0 Å². The van der Waals surface area contributed by atoms with Crippen molar-refractivity contribution in [1.82, 2.24) is 14.7 Å². The number of amides is 2. The van der Waals surface area contributed by atoms with Crippen molar-refractivity contribution in [2.75, 3.05) is 18.4 Å². The number of likely N-dealkylation sites (tertiary alicyclic amines) is 1. The summed E-state index contributed by atoms with van der Waals surface area (Å²) in [6, 6.07) is -0.117. The molecular weight excluding hydrogens is 268 g/mol. The van der Waals surface area contributed by atoms with Gasteiger partial charge in [0, 0.05) is 25.2 Å². The van der Waals surface area contributed by atoms with Crippen LogP contribution >= 0.6 is 0 Å². The Hall–Kier alpha value is -1.56. The molecule has 2 atom stereocenters. The van der Waals surface area contributed by atoms with E-state index in [2.05, 4.69) is 31.2 Å². The molecule has 0 spiro atoms. The Kier molecular flexibility index (Phi) is 4.56. The third-order valence-electron chi connectivity index (χ3n) is 3.95. The van der Waals surface area contributed by atoms with Crippen molar-refractivity contribution in [2.45, 2.75) is 52.2 Å². The van der Waals surface area contributed by atoms with Crippen molar-refractivity contribution in [3.63, 3.8) is 0 Å². The average Bonchev–Trinajstić information content (AvgIpc) is 2.87. The monoisotopic (exact) mass is 294 g/mol. The molecule has 2 heterocycles. The minimum absolute atomic E-state index is 0.106. The lowest BCUT2D eigenvalue weighted by Crippen LogP contribution is -2.44. The van der Waals surface area contributed by atoms with Crippen LogP contribution in [0.5, 0.6) is 0 Å². The number of hydrogen-bond donors (Lipinski definition) is 2. The van der Waals surface area contributed by atoms with Crippen LogP contribution in [-0.4, -0.2) is 45.0 Å². The predicted octanol–water partition coefficient (Wildman–Crippen LogP) is 2.26. The van der Waals surface area contributed by atoms with Crippen LogP contribution in [0.3, 0.4) is 0 Å². The summed E-state index contributed by atoms with van der Waals surface area (Å²) < 4.78 is 1.83. The summed E-state index contributed by atoms with van der Waals surface area (Å²) in [5.74, 6) is 0.168. The van der Waals surface area contributed by atoms with Crippen LogP contribution in [0.1, 0.15) is 40.5 Å². The first-order chi connectivity index (χ1) is 9.77. The van der Waals surface area contributed by atoms with E-state index < -0.39 is 0 Å². The number of nitrogens with one attached hydrogen (secondary N) is 1. The van der Waals surface area contributed by atoms with Gasteiger partial charge < -0.3 is 15.3 Å². The molecule has 6 nitrogen and oxygen atoms in total. The molecule has 2 unspecified atom stereocenters. The molecule has 2 rings (SSSR count). The molecule has 0 saturated carbocycles. The van der Waals surface area contributed by atoms with E-state index in [9.17, 15) is 9.90 Å². The van der Waals surface area contributed by atoms with E-state index in [1.807, 2.05) is 10.9 Å². The second kappa shape index (κ2) is 6.05. The molecule has 6 heteroatoms. The molecule has 118 valence electrons. The first-order valence-corrected chi connectivity index (χ1v) is 7.56. The van der Waals surface area contributed by atoms with Gasteiger partial charge in [0.25, 0.3) is 0 Å². The summed E-state index contributed by atoms with van der Waals surface area (Å²) in [6.45, 7) is 9.31. The van der Waals surface area contributed by atoms with E-state index >= 15 is 0 Å². The van der Waals surface area contributed by atoms with Gasteiger partial charge in [0.1, 0.15) is 0 Å². The number of aliphatic hydroxyl groups is 1. The fourth-order valence-corrected chi connectivity index (χ4v) is 2.54. The Balaban J connectivity index is 1.96. The number of nitrogens with zero attached hydrogens (tertiary/aromatic N) is 3. The van der Waals surface area contributed by atoms with Gasteiger partial charge in [0.2, 0.25) is 0 Å². The van der Waals surface area contributed by atoms with E-state index in [1.54, 1.807) is 18.0 Å². The minimum Gasteiger partial charge on any atom is -0.393 e.